The van der Waals surface area contributed by atoms with E-state index in [4.69, 9.17) is 14.2 Å². The fraction of sp³-hybridized carbons (Fsp3) is 0.817. The van der Waals surface area contributed by atoms with Crippen molar-refractivity contribution in [1.82, 2.24) is 0 Å². The van der Waals surface area contributed by atoms with Gasteiger partial charge in [0.2, 0.25) is 0 Å². The molecule has 1 unspecified atom stereocenters. The van der Waals surface area contributed by atoms with E-state index in [1.54, 1.807) is 0 Å². The Morgan fingerprint density at radius 2 is 0.468 bits per heavy atom. The summed E-state index contributed by atoms with van der Waals surface area (Å²) in [4.78, 5) is 38.4. The Labute approximate surface area is 479 Å². The number of esters is 3. The Kier molecular flexibility index (Phi) is 63.2. The van der Waals surface area contributed by atoms with Gasteiger partial charge >= 0.3 is 17.9 Å². The molecule has 0 fully saturated rings. The average molecular weight is 1080 g/mol. The standard InChI is InChI=1S/C71H128O6/c1-4-7-10-13-16-19-22-25-28-30-32-33-34-35-36-37-39-40-43-46-49-52-55-58-61-64-70(73)76-67-68(66-75-69(72)63-60-57-54-51-48-45-42-27-24-21-18-15-12-9-6-3)77-71(74)65-62-59-56-53-50-47-44-41-38-31-29-26-23-20-17-14-11-8-5-2/h17-18,20-21,26-27,29,38,41-42,68H,4-16,19,22-25,28,30-37,39-40,43-67H2,1-3H3/b20-17-,21-18-,29-26-,41-38-,42-27-. The average Bonchev–Trinajstić information content (AvgIpc) is 3.43. The van der Waals surface area contributed by atoms with Crippen LogP contribution in [0.5, 0.6) is 0 Å². The molecule has 0 saturated heterocycles. The van der Waals surface area contributed by atoms with Crippen LogP contribution in [-0.2, 0) is 28.6 Å². The van der Waals surface area contributed by atoms with E-state index < -0.39 is 6.10 Å². The van der Waals surface area contributed by atoms with Gasteiger partial charge in [0.1, 0.15) is 13.2 Å². The first-order valence-electron chi connectivity index (χ1n) is 33.8. The summed E-state index contributed by atoms with van der Waals surface area (Å²) in [6, 6.07) is 0. The lowest BCUT2D eigenvalue weighted by Crippen LogP contribution is -2.30. The molecular weight excluding hydrogens is 949 g/mol. The molecule has 0 rings (SSSR count). The first kappa shape index (κ1) is 74.1. The van der Waals surface area contributed by atoms with Crippen LogP contribution < -0.4 is 0 Å². The van der Waals surface area contributed by atoms with Crippen molar-refractivity contribution in [3.8, 4) is 0 Å². The number of carbonyl (C=O) groups excluding carboxylic acids is 3. The Morgan fingerprint density at radius 3 is 0.753 bits per heavy atom. The molecule has 0 aromatic heterocycles. The normalized spacial score (nSPS) is 12.4. The van der Waals surface area contributed by atoms with Crippen LogP contribution in [0.2, 0.25) is 0 Å². The van der Waals surface area contributed by atoms with Crippen LogP contribution in [0.25, 0.3) is 0 Å². The van der Waals surface area contributed by atoms with Crippen molar-refractivity contribution in [2.45, 2.75) is 361 Å². The minimum absolute atomic E-state index is 0.0811. The summed E-state index contributed by atoms with van der Waals surface area (Å²) in [5.41, 5.74) is 0. The highest BCUT2D eigenvalue weighted by Crippen LogP contribution is 2.18. The highest BCUT2D eigenvalue weighted by Gasteiger charge is 2.19. The topological polar surface area (TPSA) is 78.9 Å². The number of hydrogen-bond acceptors (Lipinski definition) is 6. The van der Waals surface area contributed by atoms with Gasteiger partial charge in [0.05, 0.1) is 0 Å². The summed E-state index contributed by atoms with van der Waals surface area (Å²) in [6.45, 7) is 6.62. The number of hydrogen-bond donors (Lipinski definition) is 0. The smallest absolute Gasteiger partial charge is 0.306 e. The minimum Gasteiger partial charge on any atom is -0.462 e. The van der Waals surface area contributed by atoms with Gasteiger partial charge in [-0.2, -0.15) is 0 Å². The molecule has 1 atom stereocenters. The third-order valence-corrected chi connectivity index (χ3v) is 15.0. The molecule has 0 aliphatic heterocycles. The fourth-order valence-electron chi connectivity index (χ4n) is 9.89. The summed E-state index contributed by atoms with van der Waals surface area (Å²) in [5.74, 6) is -0.888. The lowest BCUT2D eigenvalue weighted by molar-refractivity contribution is -0.167. The van der Waals surface area contributed by atoms with Crippen LogP contribution >= 0.6 is 0 Å². The van der Waals surface area contributed by atoms with Crippen molar-refractivity contribution in [3.63, 3.8) is 0 Å². The van der Waals surface area contributed by atoms with Crippen LogP contribution in [0, 0.1) is 0 Å². The molecule has 6 heteroatoms. The van der Waals surface area contributed by atoms with Gasteiger partial charge in [-0.1, -0.05) is 306 Å². The second-order valence-corrected chi connectivity index (χ2v) is 22.7. The zero-order chi connectivity index (χ0) is 55.7. The zero-order valence-electron chi connectivity index (χ0n) is 51.5. The Hall–Kier alpha value is -2.89. The van der Waals surface area contributed by atoms with Gasteiger partial charge in [0, 0.05) is 19.3 Å². The number of carbonyl (C=O) groups is 3. The first-order chi connectivity index (χ1) is 38.0. The molecule has 0 amide bonds. The van der Waals surface area contributed by atoms with E-state index in [0.29, 0.717) is 19.3 Å². The highest BCUT2D eigenvalue weighted by molar-refractivity contribution is 5.71. The lowest BCUT2D eigenvalue weighted by Gasteiger charge is -2.18. The second-order valence-electron chi connectivity index (χ2n) is 22.7. The van der Waals surface area contributed by atoms with Gasteiger partial charge in [0.25, 0.3) is 0 Å². The molecule has 0 aliphatic rings. The fourth-order valence-corrected chi connectivity index (χ4v) is 9.89. The van der Waals surface area contributed by atoms with E-state index in [9.17, 15) is 14.4 Å². The van der Waals surface area contributed by atoms with Gasteiger partial charge < -0.3 is 14.2 Å². The van der Waals surface area contributed by atoms with Crippen LogP contribution in [-0.4, -0.2) is 37.2 Å². The van der Waals surface area contributed by atoms with Crippen molar-refractivity contribution in [2.24, 2.45) is 0 Å². The summed E-state index contributed by atoms with van der Waals surface area (Å²) < 4.78 is 16.9. The molecule has 0 spiro atoms. The number of allylic oxidation sites excluding steroid dienone is 10. The Bertz CT molecular complexity index is 1380. The molecule has 0 radical (unpaired) electrons. The number of ether oxygens (including phenoxy) is 3. The van der Waals surface area contributed by atoms with Crippen molar-refractivity contribution < 1.29 is 28.6 Å². The minimum atomic E-state index is -0.787. The van der Waals surface area contributed by atoms with Gasteiger partial charge in [-0.3, -0.25) is 14.4 Å². The summed E-state index contributed by atoms with van der Waals surface area (Å²) in [7, 11) is 0. The molecule has 0 aromatic rings. The molecule has 0 aliphatic carbocycles. The highest BCUT2D eigenvalue weighted by atomic mass is 16.6. The van der Waals surface area contributed by atoms with E-state index in [1.807, 2.05) is 0 Å². The van der Waals surface area contributed by atoms with Gasteiger partial charge in [0.15, 0.2) is 6.10 Å². The van der Waals surface area contributed by atoms with Crippen molar-refractivity contribution in [3.05, 3.63) is 60.8 Å². The van der Waals surface area contributed by atoms with Crippen molar-refractivity contribution in [1.29, 1.82) is 0 Å². The summed E-state index contributed by atoms with van der Waals surface area (Å²) >= 11 is 0. The van der Waals surface area contributed by atoms with E-state index in [2.05, 4.69) is 81.5 Å². The predicted octanol–water partition coefficient (Wildman–Crippen LogP) is 23.1. The predicted molar refractivity (Wildman–Crippen MR) is 335 cm³/mol. The van der Waals surface area contributed by atoms with Gasteiger partial charge in [-0.15, -0.1) is 0 Å². The second kappa shape index (κ2) is 65.6. The van der Waals surface area contributed by atoms with Gasteiger partial charge in [-0.05, 0) is 89.9 Å². The van der Waals surface area contributed by atoms with Crippen molar-refractivity contribution in [2.75, 3.05) is 13.2 Å². The first-order valence-corrected chi connectivity index (χ1v) is 33.8. The van der Waals surface area contributed by atoms with E-state index in [0.717, 1.165) is 103 Å². The molecule has 0 heterocycles. The Morgan fingerprint density at radius 1 is 0.260 bits per heavy atom. The molecule has 448 valence electrons. The van der Waals surface area contributed by atoms with E-state index >= 15 is 0 Å². The Balaban J connectivity index is 4.31. The lowest BCUT2D eigenvalue weighted by atomic mass is 10.0. The van der Waals surface area contributed by atoms with Crippen molar-refractivity contribution >= 4 is 17.9 Å². The van der Waals surface area contributed by atoms with E-state index in [1.165, 1.54) is 212 Å². The largest absolute Gasteiger partial charge is 0.462 e. The quantitative estimate of drug-likeness (QED) is 0.0261. The maximum absolute atomic E-state index is 12.9. The molecule has 0 saturated carbocycles. The molecule has 6 nitrogen and oxygen atoms in total. The monoisotopic (exact) mass is 1080 g/mol. The zero-order valence-corrected chi connectivity index (χ0v) is 51.5. The summed E-state index contributed by atoms with van der Waals surface area (Å²) in [5, 5.41) is 0. The summed E-state index contributed by atoms with van der Waals surface area (Å²) in [6.07, 6.45) is 83.8. The van der Waals surface area contributed by atoms with Crippen LogP contribution in [0.3, 0.4) is 0 Å². The molecular formula is C71H128O6. The number of unbranched alkanes of at least 4 members (excludes halogenated alkanes) is 41. The maximum atomic E-state index is 12.9. The maximum Gasteiger partial charge on any atom is 0.306 e. The van der Waals surface area contributed by atoms with Crippen LogP contribution in [0.1, 0.15) is 355 Å². The third-order valence-electron chi connectivity index (χ3n) is 15.0. The molecule has 77 heavy (non-hydrogen) atoms. The molecule has 0 bridgehead atoms. The van der Waals surface area contributed by atoms with Crippen LogP contribution in [0.4, 0.5) is 0 Å². The van der Waals surface area contributed by atoms with Crippen LogP contribution in [0.15, 0.2) is 60.8 Å². The SMILES string of the molecule is CCCCC/C=C\C/C=C\C/C=C\CCCCCCCCC(=O)OC(COC(=O)CCCCCCC/C=C\C/C=C\CCCCC)COC(=O)CCCCCCCCCCCCCCCCCCCCCCCCCCC. The molecule has 0 N–H and O–H groups in total. The number of rotatable bonds is 62. The third kappa shape index (κ3) is 63.8. The van der Waals surface area contributed by atoms with Gasteiger partial charge in [-0.25, -0.2) is 0 Å². The van der Waals surface area contributed by atoms with E-state index in [-0.39, 0.29) is 31.1 Å². The molecule has 0 aromatic carbocycles.